The Morgan fingerprint density at radius 1 is 1.00 bits per heavy atom. The number of anilines is 1. The van der Waals surface area contributed by atoms with Crippen LogP contribution in [0.2, 0.25) is 5.02 Å². The van der Waals surface area contributed by atoms with E-state index in [4.69, 9.17) is 16.6 Å². The SMILES string of the molecule is Clc1ccc(-c2nnc(-c3cccs3)c(N3CCSCC3)n2)cc1. The summed E-state index contributed by atoms with van der Waals surface area (Å²) in [7, 11) is 0. The molecule has 4 rings (SSSR count). The lowest BCUT2D eigenvalue weighted by Crippen LogP contribution is -2.34. The van der Waals surface area contributed by atoms with Gasteiger partial charge in [-0.25, -0.2) is 4.98 Å². The number of benzene rings is 1. The van der Waals surface area contributed by atoms with Gasteiger partial charge in [0.2, 0.25) is 0 Å². The zero-order valence-corrected chi connectivity index (χ0v) is 15.2. The summed E-state index contributed by atoms with van der Waals surface area (Å²) in [4.78, 5) is 8.28. The van der Waals surface area contributed by atoms with E-state index in [2.05, 4.69) is 26.5 Å². The van der Waals surface area contributed by atoms with Crippen molar-refractivity contribution in [3.63, 3.8) is 0 Å². The molecular weight excluding hydrogens is 360 g/mol. The van der Waals surface area contributed by atoms with Crippen LogP contribution in [0.4, 0.5) is 5.82 Å². The average molecular weight is 375 g/mol. The molecule has 2 aromatic heterocycles. The summed E-state index contributed by atoms with van der Waals surface area (Å²) in [6.07, 6.45) is 0. The largest absolute Gasteiger partial charge is 0.353 e. The van der Waals surface area contributed by atoms with E-state index in [0.717, 1.165) is 46.5 Å². The molecule has 0 atom stereocenters. The Morgan fingerprint density at radius 3 is 2.50 bits per heavy atom. The van der Waals surface area contributed by atoms with Gasteiger partial charge in [-0.3, -0.25) is 0 Å². The third-order valence-corrected chi connectivity index (χ3v) is 5.91. The molecule has 1 saturated heterocycles. The van der Waals surface area contributed by atoms with Gasteiger partial charge in [-0.2, -0.15) is 11.8 Å². The highest BCUT2D eigenvalue weighted by molar-refractivity contribution is 7.99. The van der Waals surface area contributed by atoms with E-state index >= 15 is 0 Å². The van der Waals surface area contributed by atoms with E-state index in [1.165, 1.54) is 0 Å². The van der Waals surface area contributed by atoms with Crippen molar-refractivity contribution in [2.45, 2.75) is 0 Å². The summed E-state index contributed by atoms with van der Waals surface area (Å²) >= 11 is 9.63. The van der Waals surface area contributed by atoms with Gasteiger partial charge in [0.1, 0.15) is 5.69 Å². The molecule has 122 valence electrons. The molecule has 7 heteroatoms. The molecule has 24 heavy (non-hydrogen) atoms. The van der Waals surface area contributed by atoms with Crippen LogP contribution in [0.15, 0.2) is 41.8 Å². The molecule has 1 fully saturated rings. The lowest BCUT2D eigenvalue weighted by atomic mass is 10.2. The summed E-state index contributed by atoms with van der Waals surface area (Å²) in [5.41, 5.74) is 1.80. The molecular formula is C17H15ClN4S2. The number of rotatable bonds is 3. The van der Waals surface area contributed by atoms with Crippen LogP contribution in [-0.4, -0.2) is 39.8 Å². The van der Waals surface area contributed by atoms with Crippen molar-refractivity contribution in [3.05, 3.63) is 46.8 Å². The fourth-order valence-electron chi connectivity index (χ4n) is 2.61. The number of hydrogen-bond acceptors (Lipinski definition) is 6. The van der Waals surface area contributed by atoms with Gasteiger partial charge in [-0.05, 0) is 35.7 Å². The number of thioether (sulfide) groups is 1. The smallest absolute Gasteiger partial charge is 0.183 e. The molecule has 3 aromatic rings. The van der Waals surface area contributed by atoms with Crippen LogP contribution in [0.25, 0.3) is 22.0 Å². The molecule has 0 spiro atoms. The molecule has 0 saturated carbocycles. The summed E-state index contributed by atoms with van der Waals surface area (Å²) < 4.78 is 0. The summed E-state index contributed by atoms with van der Waals surface area (Å²) in [6, 6.07) is 11.7. The molecule has 1 aliphatic rings. The minimum Gasteiger partial charge on any atom is -0.353 e. The van der Waals surface area contributed by atoms with Crippen molar-refractivity contribution in [2.75, 3.05) is 29.5 Å². The molecule has 4 nitrogen and oxygen atoms in total. The van der Waals surface area contributed by atoms with Gasteiger partial charge >= 0.3 is 0 Å². The summed E-state index contributed by atoms with van der Waals surface area (Å²) in [5, 5.41) is 11.6. The van der Waals surface area contributed by atoms with E-state index in [-0.39, 0.29) is 0 Å². The van der Waals surface area contributed by atoms with E-state index < -0.39 is 0 Å². The minimum absolute atomic E-state index is 0.639. The average Bonchev–Trinajstić information content (AvgIpc) is 3.17. The number of halogens is 1. The third kappa shape index (κ3) is 3.27. The van der Waals surface area contributed by atoms with Gasteiger partial charge in [0.05, 0.1) is 4.88 Å². The number of hydrogen-bond donors (Lipinski definition) is 0. The Balaban J connectivity index is 1.79. The fourth-order valence-corrected chi connectivity index (χ4v) is 4.34. The predicted molar refractivity (Wildman–Crippen MR) is 103 cm³/mol. The van der Waals surface area contributed by atoms with Crippen LogP contribution >= 0.6 is 34.7 Å². The Kier molecular flexibility index (Phi) is 4.69. The fraction of sp³-hybridized carbons (Fsp3) is 0.235. The zero-order valence-electron chi connectivity index (χ0n) is 12.9. The monoisotopic (exact) mass is 374 g/mol. The van der Waals surface area contributed by atoms with Gasteiger partial charge in [0.25, 0.3) is 0 Å². The Hall–Kier alpha value is -1.63. The third-order valence-electron chi connectivity index (χ3n) is 3.84. The lowest BCUT2D eigenvalue weighted by molar-refractivity contribution is 0.824. The first-order chi connectivity index (χ1) is 11.8. The molecule has 0 unspecified atom stereocenters. The van der Waals surface area contributed by atoms with Crippen LogP contribution in [0.5, 0.6) is 0 Å². The van der Waals surface area contributed by atoms with Gasteiger partial charge in [-0.15, -0.1) is 21.5 Å². The first kappa shape index (κ1) is 15.9. The van der Waals surface area contributed by atoms with E-state index in [1.54, 1.807) is 11.3 Å². The highest BCUT2D eigenvalue weighted by atomic mass is 35.5. The number of aromatic nitrogens is 3. The lowest BCUT2D eigenvalue weighted by Gasteiger charge is -2.28. The standard InChI is InChI=1S/C17H15ClN4S2/c18-13-5-3-12(4-6-13)16-19-17(22-7-10-23-11-8-22)15(20-21-16)14-2-1-9-24-14/h1-6,9H,7-8,10-11H2. The molecule has 0 aliphatic carbocycles. The highest BCUT2D eigenvalue weighted by Crippen LogP contribution is 2.32. The second-order valence-electron chi connectivity index (χ2n) is 5.39. The van der Waals surface area contributed by atoms with Crippen LogP contribution in [0, 0.1) is 0 Å². The van der Waals surface area contributed by atoms with Crippen LogP contribution < -0.4 is 4.90 Å². The molecule has 0 amide bonds. The second-order valence-corrected chi connectivity index (χ2v) is 8.00. The molecule has 1 aromatic carbocycles. The van der Waals surface area contributed by atoms with Gasteiger partial charge in [0.15, 0.2) is 11.6 Å². The van der Waals surface area contributed by atoms with E-state index in [0.29, 0.717) is 10.8 Å². The van der Waals surface area contributed by atoms with Crippen molar-refractivity contribution in [2.24, 2.45) is 0 Å². The maximum absolute atomic E-state index is 5.98. The first-order valence-electron chi connectivity index (χ1n) is 7.68. The van der Waals surface area contributed by atoms with Crippen molar-refractivity contribution < 1.29 is 0 Å². The van der Waals surface area contributed by atoms with Crippen LogP contribution in [0.1, 0.15) is 0 Å². The Labute approximate surface area is 153 Å². The van der Waals surface area contributed by atoms with Gasteiger partial charge in [-0.1, -0.05) is 17.7 Å². The summed E-state index contributed by atoms with van der Waals surface area (Å²) in [6.45, 7) is 1.98. The Morgan fingerprint density at radius 2 is 1.79 bits per heavy atom. The van der Waals surface area contributed by atoms with Crippen molar-refractivity contribution in [3.8, 4) is 22.0 Å². The van der Waals surface area contributed by atoms with Crippen LogP contribution in [0.3, 0.4) is 0 Å². The Bertz CT molecular complexity index is 815. The van der Waals surface area contributed by atoms with Gasteiger partial charge in [0, 0.05) is 35.2 Å². The second kappa shape index (κ2) is 7.09. The van der Waals surface area contributed by atoms with Gasteiger partial charge < -0.3 is 4.90 Å². The number of thiophene rings is 1. The molecule has 0 N–H and O–H groups in total. The number of nitrogens with zero attached hydrogens (tertiary/aromatic N) is 4. The molecule has 0 bridgehead atoms. The first-order valence-corrected chi connectivity index (χ1v) is 10.1. The quantitative estimate of drug-likeness (QED) is 0.676. The zero-order chi connectivity index (χ0) is 16.4. The predicted octanol–water partition coefficient (Wildman–Crippen LogP) is 4.47. The van der Waals surface area contributed by atoms with Crippen molar-refractivity contribution in [1.82, 2.24) is 15.2 Å². The summed E-state index contributed by atoms with van der Waals surface area (Å²) in [5.74, 6) is 3.80. The molecule has 1 aliphatic heterocycles. The maximum atomic E-state index is 5.98. The van der Waals surface area contributed by atoms with Crippen molar-refractivity contribution >= 4 is 40.5 Å². The van der Waals surface area contributed by atoms with E-state index in [9.17, 15) is 0 Å². The van der Waals surface area contributed by atoms with E-state index in [1.807, 2.05) is 42.1 Å². The topological polar surface area (TPSA) is 41.9 Å². The molecule has 3 heterocycles. The maximum Gasteiger partial charge on any atom is 0.183 e. The normalized spacial score (nSPS) is 14.8. The molecule has 0 radical (unpaired) electrons. The van der Waals surface area contributed by atoms with Crippen LogP contribution in [-0.2, 0) is 0 Å². The minimum atomic E-state index is 0.639. The highest BCUT2D eigenvalue weighted by Gasteiger charge is 2.21. The van der Waals surface area contributed by atoms with Crippen molar-refractivity contribution in [1.29, 1.82) is 0 Å².